The highest BCUT2D eigenvalue weighted by Gasteiger charge is 2.46. The first-order chi connectivity index (χ1) is 11.6. The van der Waals surface area contributed by atoms with Gasteiger partial charge in [0.25, 0.3) is 0 Å². The summed E-state index contributed by atoms with van der Waals surface area (Å²) in [4.78, 5) is 13.0. The predicted octanol–water partition coefficient (Wildman–Crippen LogP) is 3.94. The third-order valence-corrected chi connectivity index (χ3v) is 9.09. The van der Waals surface area contributed by atoms with Gasteiger partial charge in [0.1, 0.15) is 4.75 Å². The normalized spacial score (nSPS) is 27.3. The molecule has 2 fully saturated rings. The Hall–Kier alpha value is -0.880. The van der Waals surface area contributed by atoms with Gasteiger partial charge >= 0.3 is 0 Å². The number of amides is 1. The number of halogens is 1. The van der Waals surface area contributed by atoms with Crippen molar-refractivity contribution >= 4 is 31.7 Å². The van der Waals surface area contributed by atoms with Gasteiger partial charge in [-0.2, -0.15) is 0 Å². The number of hydrogen-bond acceptors (Lipinski definition) is 3. The van der Waals surface area contributed by atoms with Gasteiger partial charge in [-0.3, -0.25) is 4.79 Å². The lowest BCUT2D eigenvalue weighted by Gasteiger charge is -2.32. The predicted molar refractivity (Wildman–Crippen MR) is 102 cm³/mol. The van der Waals surface area contributed by atoms with Crippen LogP contribution in [0.5, 0.6) is 0 Å². The molecule has 0 radical (unpaired) electrons. The van der Waals surface area contributed by atoms with Crippen molar-refractivity contribution in [1.82, 2.24) is 5.32 Å². The fraction of sp³-hybridized carbons (Fsp3) is 0.632. The van der Waals surface area contributed by atoms with E-state index in [-0.39, 0.29) is 10.9 Å². The minimum absolute atomic E-state index is 0.0159. The quantitative estimate of drug-likeness (QED) is 0.773. The van der Waals surface area contributed by atoms with Crippen LogP contribution in [0.3, 0.4) is 0 Å². The molecule has 3 rings (SSSR count). The van der Waals surface area contributed by atoms with Crippen LogP contribution >= 0.6 is 15.9 Å². The van der Waals surface area contributed by atoms with Crippen molar-refractivity contribution in [1.29, 1.82) is 0 Å². The first-order valence-electron chi connectivity index (χ1n) is 8.94. The Kier molecular flexibility index (Phi) is 5.06. The molecular formula is C19H26BrNO3S. The molecule has 1 amide bonds. The first-order valence-corrected chi connectivity index (χ1v) is 11.2. The van der Waals surface area contributed by atoms with Crippen molar-refractivity contribution in [2.75, 3.05) is 0 Å². The van der Waals surface area contributed by atoms with Crippen LogP contribution in [0.4, 0.5) is 0 Å². The molecule has 2 bridgehead atoms. The molecule has 1 aromatic carbocycles. The molecule has 6 heteroatoms. The fourth-order valence-corrected chi connectivity index (χ4v) is 6.08. The summed E-state index contributed by atoms with van der Waals surface area (Å²) < 4.78 is 25.2. The van der Waals surface area contributed by atoms with Gasteiger partial charge in [-0.25, -0.2) is 8.42 Å². The van der Waals surface area contributed by atoms with Crippen molar-refractivity contribution in [2.24, 2.45) is 17.8 Å². The molecule has 25 heavy (non-hydrogen) atoms. The van der Waals surface area contributed by atoms with Crippen molar-refractivity contribution < 1.29 is 13.2 Å². The monoisotopic (exact) mass is 427 g/mol. The zero-order chi connectivity index (χ0) is 18.4. The third kappa shape index (κ3) is 3.39. The van der Waals surface area contributed by atoms with E-state index < -0.39 is 20.5 Å². The molecule has 1 N–H and O–H groups in total. The minimum atomic E-state index is -3.77. The van der Waals surface area contributed by atoms with E-state index >= 15 is 0 Å². The summed E-state index contributed by atoms with van der Waals surface area (Å²) in [5.74, 6) is 1.56. The van der Waals surface area contributed by atoms with Crippen LogP contribution in [0.2, 0.25) is 0 Å². The summed E-state index contributed by atoms with van der Waals surface area (Å²) >= 11 is 3.30. The minimum Gasteiger partial charge on any atom is -0.352 e. The SMILES string of the molecule is C[C@@H](NC(=O)C(C)(C)S(=O)(=O)c1ccc(Br)cc1)[C@@H]1C[C@H]2CC[C@H]1C2. The lowest BCUT2D eigenvalue weighted by molar-refractivity contribution is -0.124. The highest BCUT2D eigenvalue weighted by molar-refractivity contribution is 9.10. The molecule has 0 heterocycles. The van der Waals surface area contributed by atoms with Gasteiger partial charge in [0.15, 0.2) is 9.84 Å². The molecule has 2 aliphatic carbocycles. The summed E-state index contributed by atoms with van der Waals surface area (Å²) in [6.45, 7) is 5.01. The Morgan fingerprint density at radius 3 is 2.36 bits per heavy atom. The molecule has 0 saturated heterocycles. The van der Waals surface area contributed by atoms with Crippen LogP contribution in [0.1, 0.15) is 46.5 Å². The molecule has 4 nitrogen and oxygen atoms in total. The topological polar surface area (TPSA) is 63.2 Å². The first kappa shape index (κ1) is 18.9. The van der Waals surface area contributed by atoms with Crippen LogP contribution < -0.4 is 5.32 Å². The van der Waals surface area contributed by atoms with E-state index in [0.29, 0.717) is 11.8 Å². The van der Waals surface area contributed by atoms with Crippen LogP contribution in [-0.2, 0) is 14.6 Å². The Labute approximate surface area is 158 Å². The molecule has 138 valence electrons. The van der Waals surface area contributed by atoms with Gasteiger partial charge in [0.2, 0.25) is 5.91 Å². The molecule has 0 aliphatic heterocycles. The van der Waals surface area contributed by atoms with Crippen molar-refractivity contribution in [3.63, 3.8) is 0 Å². The summed E-state index contributed by atoms with van der Waals surface area (Å²) in [5.41, 5.74) is 0. The van der Waals surface area contributed by atoms with Crippen LogP contribution in [0.25, 0.3) is 0 Å². The Balaban J connectivity index is 1.74. The fourth-order valence-electron chi connectivity index (χ4n) is 4.42. The Morgan fingerprint density at radius 1 is 1.20 bits per heavy atom. The van der Waals surface area contributed by atoms with Crippen molar-refractivity contribution in [2.45, 2.75) is 62.1 Å². The van der Waals surface area contributed by atoms with Gasteiger partial charge in [-0.15, -0.1) is 0 Å². The second kappa shape index (κ2) is 6.69. The molecule has 4 atom stereocenters. The van der Waals surface area contributed by atoms with Crippen LogP contribution in [-0.4, -0.2) is 25.1 Å². The lowest BCUT2D eigenvalue weighted by atomic mass is 9.84. The molecule has 0 aromatic heterocycles. The van der Waals surface area contributed by atoms with Crippen molar-refractivity contribution in [3.05, 3.63) is 28.7 Å². The van der Waals surface area contributed by atoms with Gasteiger partial charge in [-0.05, 0) is 82.1 Å². The number of carbonyl (C=O) groups is 1. The van der Waals surface area contributed by atoms with Gasteiger partial charge in [0, 0.05) is 10.5 Å². The molecule has 2 aliphatic rings. The summed E-state index contributed by atoms with van der Waals surface area (Å²) in [6, 6.07) is 6.45. The Morgan fingerprint density at radius 2 is 1.84 bits per heavy atom. The average molecular weight is 428 g/mol. The standard InChI is InChI=1S/C19H26BrNO3S/c1-12(17-11-13-4-5-14(17)10-13)21-18(22)19(2,3)25(23,24)16-8-6-15(20)7-9-16/h6-9,12-14,17H,4-5,10-11H2,1-3H3,(H,21,22)/t12-,13+,14+,17+/m1/s1. The second-order valence-corrected chi connectivity index (χ2v) is 11.5. The maximum Gasteiger partial charge on any atom is 0.241 e. The molecule has 0 unspecified atom stereocenters. The van der Waals surface area contributed by atoms with Gasteiger partial charge in [-0.1, -0.05) is 22.4 Å². The third-order valence-electron chi connectivity index (χ3n) is 6.14. The van der Waals surface area contributed by atoms with E-state index in [1.165, 1.54) is 45.2 Å². The number of hydrogen-bond donors (Lipinski definition) is 1. The smallest absolute Gasteiger partial charge is 0.241 e. The van der Waals surface area contributed by atoms with Crippen LogP contribution in [0, 0.1) is 17.8 Å². The summed E-state index contributed by atoms with van der Waals surface area (Å²) in [7, 11) is -3.77. The highest BCUT2D eigenvalue weighted by atomic mass is 79.9. The molecule has 0 spiro atoms. The second-order valence-electron chi connectivity index (χ2n) is 8.07. The van der Waals surface area contributed by atoms with E-state index in [2.05, 4.69) is 21.2 Å². The van der Waals surface area contributed by atoms with E-state index in [9.17, 15) is 13.2 Å². The van der Waals surface area contributed by atoms with Gasteiger partial charge < -0.3 is 5.32 Å². The van der Waals surface area contributed by atoms with E-state index in [1.807, 2.05) is 6.92 Å². The average Bonchev–Trinajstić information content (AvgIpc) is 3.18. The summed E-state index contributed by atoms with van der Waals surface area (Å²) in [6.07, 6.45) is 4.98. The van der Waals surface area contributed by atoms with E-state index in [4.69, 9.17) is 0 Å². The number of fused-ring (bicyclic) bond motifs is 2. The van der Waals surface area contributed by atoms with Gasteiger partial charge in [0.05, 0.1) is 4.90 Å². The number of sulfone groups is 1. The lowest BCUT2D eigenvalue weighted by Crippen LogP contribution is -2.52. The molecule has 1 aromatic rings. The van der Waals surface area contributed by atoms with Crippen LogP contribution in [0.15, 0.2) is 33.6 Å². The largest absolute Gasteiger partial charge is 0.352 e. The van der Waals surface area contributed by atoms with E-state index in [1.54, 1.807) is 12.1 Å². The molecular weight excluding hydrogens is 402 g/mol. The zero-order valence-corrected chi connectivity index (χ0v) is 17.4. The maximum absolute atomic E-state index is 13.0. The summed E-state index contributed by atoms with van der Waals surface area (Å²) in [5, 5.41) is 3.01. The number of rotatable bonds is 5. The number of nitrogens with one attached hydrogen (secondary N) is 1. The number of carbonyl (C=O) groups excluding carboxylic acids is 1. The molecule has 2 saturated carbocycles. The maximum atomic E-state index is 13.0. The number of benzene rings is 1. The highest BCUT2D eigenvalue weighted by Crippen LogP contribution is 2.49. The Bertz CT molecular complexity index is 757. The van der Waals surface area contributed by atoms with Crippen molar-refractivity contribution in [3.8, 4) is 0 Å². The zero-order valence-electron chi connectivity index (χ0n) is 15.0. The van der Waals surface area contributed by atoms with E-state index in [0.717, 1.165) is 16.8 Å².